The van der Waals surface area contributed by atoms with Crippen LogP contribution in [0.2, 0.25) is 15.2 Å². The fraction of sp³-hybridized carbons (Fsp3) is 0. The number of pyridine rings is 1. The van der Waals surface area contributed by atoms with E-state index in [-0.39, 0.29) is 16.5 Å². The highest BCUT2D eigenvalue weighted by Gasteiger charge is 2.19. The van der Waals surface area contributed by atoms with Crippen molar-refractivity contribution in [3.05, 3.63) is 55.6 Å². The minimum atomic E-state index is -0.546. The lowest BCUT2D eigenvalue weighted by Gasteiger charge is -2.05. The molecule has 7 heteroatoms. The van der Waals surface area contributed by atoms with Gasteiger partial charge in [-0.3, -0.25) is 10.1 Å². The maximum absolute atomic E-state index is 10.9. The van der Waals surface area contributed by atoms with Crippen molar-refractivity contribution in [2.75, 3.05) is 0 Å². The zero-order valence-corrected chi connectivity index (χ0v) is 11.0. The summed E-state index contributed by atoms with van der Waals surface area (Å²) in [6, 6.07) is 7.27. The Morgan fingerprint density at radius 1 is 1.11 bits per heavy atom. The zero-order valence-electron chi connectivity index (χ0n) is 8.73. The highest BCUT2D eigenvalue weighted by molar-refractivity contribution is 6.35. The lowest BCUT2D eigenvalue weighted by atomic mass is 10.1. The standard InChI is InChI=1S/C11H5Cl3N2O2/c12-6-1-2-8(13)7(5-6)11-9(16(17)18)3-4-10(14)15-11/h1-5H. The summed E-state index contributed by atoms with van der Waals surface area (Å²) in [7, 11) is 0. The Bertz CT molecular complexity index is 632. The summed E-state index contributed by atoms with van der Waals surface area (Å²) in [6.45, 7) is 0. The third-order valence-corrected chi connectivity index (χ3v) is 3.00. The van der Waals surface area contributed by atoms with Crippen LogP contribution in [0.1, 0.15) is 0 Å². The molecule has 18 heavy (non-hydrogen) atoms. The topological polar surface area (TPSA) is 56.0 Å². The predicted octanol–water partition coefficient (Wildman–Crippen LogP) is 4.62. The highest BCUT2D eigenvalue weighted by atomic mass is 35.5. The Hall–Kier alpha value is -1.36. The van der Waals surface area contributed by atoms with E-state index in [1.807, 2.05) is 0 Å². The molecule has 2 rings (SSSR count). The summed E-state index contributed by atoms with van der Waals surface area (Å²) >= 11 is 17.6. The van der Waals surface area contributed by atoms with Crippen LogP contribution < -0.4 is 0 Å². The predicted molar refractivity (Wildman–Crippen MR) is 71.4 cm³/mol. The molecule has 0 saturated carbocycles. The number of aromatic nitrogens is 1. The molecule has 0 unspecified atom stereocenters. The average molecular weight is 304 g/mol. The Morgan fingerprint density at radius 2 is 1.83 bits per heavy atom. The van der Waals surface area contributed by atoms with E-state index in [9.17, 15) is 10.1 Å². The van der Waals surface area contributed by atoms with Crippen LogP contribution in [-0.4, -0.2) is 9.91 Å². The summed E-state index contributed by atoms with van der Waals surface area (Å²) in [6.07, 6.45) is 0. The molecule has 0 aliphatic heterocycles. The molecule has 0 aliphatic carbocycles. The molecule has 1 aromatic carbocycles. The Kier molecular flexibility index (Phi) is 3.71. The molecule has 0 amide bonds. The second kappa shape index (κ2) is 5.10. The van der Waals surface area contributed by atoms with Crippen molar-refractivity contribution in [3.8, 4) is 11.3 Å². The monoisotopic (exact) mass is 302 g/mol. The number of hydrogen-bond acceptors (Lipinski definition) is 3. The van der Waals surface area contributed by atoms with Gasteiger partial charge in [0.05, 0.1) is 9.95 Å². The number of benzene rings is 1. The normalized spacial score (nSPS) is 10.4. The van der Waals surface area contributed by atoms with E-state index in [0.717, 1.165) is 0 Å². The van der Waals surface area contributed by atoms with E-state index in [0.29, 0.717) is 15.6 Å². The van der Waals surface area contributed by atoms with Gasteiger partial charge in [-0.15, -0.1) is 0 Å². The first kappa shape index (κ1) is 13.1. The summed E-state index contributed by atoms with van der Waals surface area (Å²) in [5, 5.41) is 11.8. The number of hydrogen-bond donors (Lipinski definition) is 0. The lowest BCUT2D eigenvalue weighted by molar-refractivity contribution is -0.384. The molecule has 1 aromatic heterocycles. The minimum Gasteiger partial charge on any atom is -0.258 e. The molecule has 0 aliphatic rings. The highest BCUT2D eigenvalue weighted by Crippen LogP contribution is 2.35. The van der Waals surface area contributed by atoms with Crippen LogP contribution in [0.4, 0.5) is 5.69 Å². The summed E-state index contributed by atoms with van der Waals surface area (Å²) in [5.74, 6) is 0. The molecule has 1 heterocycles. The van der Waals surface area contributed by atoms with Gasteiger partial charge in [0.1, 0.15) is 5.15 Å². The van der Waals surface area contributed by atoms with E-state index in [4.69, 9.17) is 34.8 Å². The van der Waals surface area contributed by atoms with Crippen molar-refractivity contribution >= 4 is 40.5 Å². The van der Waals surface area contributed by atoms with Gasteiger partial charge in [0.25, 0.3) is 5.69 Å². The molecular formula is C11H5Cl3N2O2. The van der Waals surface area contributed by atoms with Gasteiger partial charge in [0.2, 0.25) is 0 Å². The maximum Gasteiger partial charge on any atom is 0.295 e. The van der Waals surface area contributed by atoms with Crippen molar-refractivity contribution < 1.29 is 4.92 Å². The second-order valence-corrected chi connectivity index (χ2v) is 4.61. The molecule has 0 atom stereocenters. The van der Waals surface area contributed by atoms with Crippen molar-refractivity contribution in [1.29, 1.82) is 0 Å². The van der Waals surface area contributed by atoms with Crippen LogP contribution in [0, 0.1) is 10.1 Å². The number of halogens is 3. The SMILES string of the molecule is O=[N+]([O-])c1ccc(Cl)nc1-c1cc(Cl)ccc1Cl. The fourth-order valence-corrected chi connectivity index (χ4v) is 1.98. The van der Waals surface area contributed by atoms with Crippen LogP contribution in [0.25, 0.3) is 11.3 Å². The van der Waals surface area contributed by atoms with Gasteiger partial charge < -0.3 is 0 Å². The molecule has 0 N–H and O–H groups in total. The van der Waals surface area contributed by atoms with E-state index in [1.165, 1.54) is 18.2 Å². The molecule has 92 valence electrons. The molecule has 2 aromatic rings. The first-order valence-corrected chi connectivity index (χ1v) is 5.89. The Labute approximate surface area is 117 Å². The molecule has 0 fully saturated rings. The van der Waals surface area contributed by atoms with Crippen LogP contribution >= 0.6 is 34.8 Å². The van der Waals surface area contributed by atoms with E-state index in [2.05, 4.69) is 4.98 Å². The van der Waals surface area contributed by atoms with Gasteiger partial charge in [-0.25, -0.2) is 4.98 Å². The van der Waals surface area contributed by atoms with E-state index < -0.39 is 4.92 Å². The van der Waals surface area contributed by atoms with Crippen LogP contribution in [-0.2, 0) is 0 Å². The molecule has 0 spiro atoms. The van der Waals surface area contributed by atoms with Gasteiger partial charge in [0.15, 0.2) is 5.69 Å². The molecular weight excluding hydrogens is 298 g/mol. The van der Waals surface area contributed by atoms with E-state index in [1.54, 1.807) is 12.1 Å². The van der Waals surface area contributed by atoms with Crippen molar-refractivity contribution in [2.24, 2.45) is 0 Å². The quantitative estimate of drug-likeness (QED) is 0.462. The van der Waals surface area contributed by atoms with Crippen LogP contribution in [0.3, 0.4) is 0 Å². The van der Waals surface area contributed by atoms with Gasteiger partial charge in [-0.1, -0.05) is 34.8 Å². The third kappa shape index (κ3) is 2.56. The first-order chi connectivity index (χ1) is 8.49. The molecule has 4 nitrogen and oxygen atoms in total. The van der Waals surface area contributed by atoms with Gasteiger partial charge in [0, 0.05) is 16.7 Å². The molecule has 0 bridgehead atoms. The third-order valence-electron chi connectivity index (χ3n) is 2.22. The fourth-order valence-electron chi connectivity index (χ4n) is 1.45. The Morgan fingerprint density at radius 3 is 2.50 bits per heavy atom. The molecule has 0 saturated heterocycles. The summed E-state index contributed by atoms with van der Waals surface area (Å²) in [5.41, 5.74) is 0.293. The second-order valence-electron chi connectivity index (χ2n) is 3.38. The lowest BCUT2D eigenvalue weighted by Crippen LogP contribution is -1.95. The summed E-state index contributed by atoms with van der Waals surface area (Å²) in [4.78, 5) is 14.4. The van der Waals surface area contributed by atoms with Crippen LogP contribution in [0.15, 0.2) is 30.3 Å². The smallest absolute Gasteiger partial charge is 0.258 e. The number of rotatable bonds is 2. The summed E-state index contributed by atoms with van der Waals surface area (Å²) < 4.78 is 0. The van der Waals surface area contributed by atoms with Gasteiger partial charge in [-0.05, 0) is 24.3 Å². The number of nitrogens with zero attached hydrogens (tertiary/aromatic N) is 2. The minimum absolute atomic E-state index is 0.0972. The number of nitro groups is 1. The van der Waals surface area contributed by atoms with Gasteiger partial charge in [-0.2, -0.15) is 0 Å². The Balaban J connectivity index is 2.73. The van der Waals surface area contributed by atoms with Gasteiger partial charge >= 0.3 is 0 Å². The van der Waals surface area contributed by atoms with Crippen molar-refractivity contribution in [1.82, 2.24) is 4.98 Å². The zero-order chi connectivity index (χ0) is 13.3. The largest absolute Gasteiger partial charge is 0.295 e. The van der Waals surface area contributed by atoms with Crippen molar-refractivity contribution in [2.45, 2.75) is 0 Å². The maximum atomic E-state index is 10.9. The average Bonchev–Trinajstić information content (AvgIpc) is 2.31. The van der Waals surface area contributed by atoms with E-state index >= 15 is 0 Å². The van der Waals surface area contributed by atoms with Crippen molar-refractivity contribution in [3.63, 3.8) is 0 Å². The first-order valence-electron chi connectivity index (χ1n) is 4.75. The van der Waals surface area contributed by atoms with Crippen LogP contribution in [0.5, 0.6) is 0 Å². The molecule has 0 radical (unpaired) electrons.